The van der Waals surface area contributed by atoms with Gasteiger partial charge in [-0.2, -0.15) is 0 Å². The van der Waals surface area contributed by atoms with E-state index in [-0.39, 0.29) is 18.9 Å². The average Bonchev–Trinajstić information content (AvgIpc) is 2.74. The van der Waals surface area contributed by atoms with E-state index >= 15 is 0 Å². The Kier molecular flexibility index (Phi) is 4.87. The van der Waals surface area contributed by atoms with E-state index in [1.165, 1.54) is 4.31 Å². The molecule has 0 spiro atoms. The highest BCUT2D eigenvalue weighted by Gasteiger charge is 2.31. The molecule has 1 aliphatic heterocycles. The highest BCUT2D eigenvalue weighted by molar-refractivity contribution is 7.92. The van der Waals surface area contributed by atoms with Crippen LogP contribution in [0.5, 0.6) is 5.75 Å². The van der Waals surface area contributed by atoms with E-state index in [4.69, 9.17) is 16.3 Å². The summed E-state index contributed by atoms with van der Waals surface area (Å²) in [5.41, 5.74) is 0.988. The van der Waals surface area contributed by atoms with Gasteiger partial charge in [0, 0.05) is 23.7 Å². The van der Waals surface area contributed by atoms with Crippen LogP contribution in [-0.2, 0) is 14.8 Å². The number of nitrogens with zero attached hydrogens (tertiary/aromatic N) is 1. The quantitative estimate of drug-likeness (QED) is 0.888. The summed E-state index contributed by atoms with van der Waals surface area (Å²) in [7, 11) is -3.47. The molecule has 1 heterocycles. The molecule has 0 aliphatic carbocycles. The fourth-order valence-corrected chi connectivity index (χ4v) is 3.78. The van der Waals surface area contributed by atoms with Gasteiger partial charge < -0.3 is 10.1 Å². The zero-order chi connectivity index (χ0) is 18.0. The maximum Gasteiger partial charge on any atom is 0.265 e. The van der Waals surface area contributed by atoms with E-state index in [2.05, 4.69) is 5.32 Å². The summed E-state index contributed by atoms with van der Waals surface area (Å²) >= 11 is 5.92. The Hall–Kier alpha value is -2.25. The molecule has 6 nitrogen and oxygen atoms in total. The number of anilines is 2. The van der Waals surface area contributed by atoms with Crippen molar-refractivity contribution in [1.29, 1.82) is 0 Å². The number of sulfonamides is 1. The molecular formula is C17H17ClN2O4S. The predicted molar refractivity (Wildman–Crippen MR) is 97.7 cm³/mol. The lowest BCUT2D eigenvalue weighted by Gasteiger charge is -2.20. The molecule has 0 saturated heterocycles. The minimum Gasteiger partial charge on any atom is -0.478 e. The van der Waals surface area contributed by atoms with Gasteiger partial charge in [-0.15, -0.1) is 0 Å². The number of para-hydroxylation sites is 2. The molecule has 0 bridgehead atoms. The van der Waals surface area contributed by atoms with Crippen molar-refractivity contribution in [2.24, 2.45) is 0 Å². The maximum absolute atomic E-state index is 12.6. The number of rotatable bonds is 3. The monoisotopic (exact) mass is 380 g/mol. The third-order valence-electron chi connectivity index (χ3n) is 3.78. The molecule has 3 rings (SSSR count). The molecule has 0 radical (unpaired) electrons. The van der Waals surface area contributed by atoms with Crippen LogP contribution < -0.4 is 14.4 Å². The number of nitrogens with one attached hydrogen (secondary N) is 1. The topological polar surface area (TPSA) is 75.7 Å². The van der Waals surface area contributed by atoms with Gasteiger partial charge in [0.15, 0.2) is 6.10 Å². The molecule has 0 fully saturated rings. The lowest BCUT2D eigenvalue weighted by molar-refractivity contribution is -0.122. The van der Waals surface area contributed by atoms with E-state index < -0.39 is 16.1 Å². The van der Waals surface area contributed by atoms with Crippen molar-refractivity contribution in [2.75, 3.05) is 22.4 Å². The van der Waals surface area contributed by atoms with Gasteiger partial charge in [-0.05, 0) is 30.3 Å². The van der Waals surface area contributed by atoms with Gasteiger partial charge >= 0.3 is 0 Å². The molecule has 1 N–H and O–H groups in total. The van der Waals surface area contributed by atoms with Crippen LogP contribution in [0.2, 0.25) is 5.02 Å². The third-order valence-corrected chi connectivity index (χ3v) is 5.20. The first-order valence-electron chi connectivity index (χ1n) is 7.64. The highest BCUT2D eigenvalue weighted by atomic mass is 35.5. The fraction of sp³-hybridized carbons (Fsp3) is 0.235. The largest absolute Gasteiger partial charge is 0.478 e. The molecule has 1 amide bonds. The third kappa shape index (κ3) is 4.05. The Labute approximate surface area is 151 Å². The van der Waals surface area contributed by atoms with Gasteiger partial charge in [-0.1, -0.05) is 29.8 Å². The van der Waals surface area contributed by atoms with Crippen LogP contribution in [0.15, 0.2) is 48.5 Å². The van der Waals surface area contributed by atoms with E-state index in [1.54, 1.807) is 48.5 Å². The number of halogens is 1. The van der Waals surface area contributed by atoms with Gasteiger partial charge in [0.25, 0.3) is 5.91 Å². The van der Waals surface area contributed by atoms with Gasteiger partial charge in [0.05, 0.1) is 11.9 Å². The van der Waals surface area contributed by atoms with Gasteiger partial charge in [-0.3, -0.25) is 9.10 Å². The fourth-order valence-electron chi connectivity index (χ4n) is 2.65. The molecule has 8 heteroatoms. The van der Waals surface area contributed by atoms with Crippen LogP contribution >= 0.6 is 11.6 Å². The van der Waals surface area contributed by atoms with Crippen molar-refractivity contribution >= 4 is 38.9 Å². The first-order valence-corrected chi connectivity index (χ1v) is 9.87. The van der Waals surface area contributed by atoms with Crippen molar-refractivity contribution in [1.82, 2.24) is 0 Å². The zero-order valence-electron chi connectivity index (χ0n) is 13.5. The first-order chi connectivity index (χ1) is 11.8. The Balaban J connectivity index is 1.85. The first kappa shape index (κ1) is 17.6. The standard InChI is InChI=1S/C17H17ClN2O4S/c1-25(22,23)20-10-9-16(24-15-8-3-2-7-14(15)20)17(21)19-13-6-4-5-12(18)11-13/h2-8,11,16H,9-10H2,1H3,(H,19,21)/t16-/m0/s1. The van der Waals surface area contributed by atoms with Gasteiger partial charge in [0.2, 0.25) is 10.0 Å². The lowest BCUT2D eigenvalue weighted by atomic mass is 10.2. The number of hydrogen-bond acceptors (Lipinski definition) is 4. The van der Waals surface area contributed by atoms with Crippen LogP contribution in [0.3, 0.4) is 0 Å². The second kappa shape index (κ2) is 6.93. The van der Waals surface area contributed by atoms with Gasteiger partial charge in [0.1, 0.15) is 5.75 Å². The van der Waals surface area contributed by atoms with Crippen molar-refractivity contribution in [3.05, 3.63) is 53.6 Å². The average molecular weight is 381 g/mol. The predicted octanol–water partition coefficient (Wildman–Crippen LogP) is 2.90. The number of carbonyl (C=O) groups excluding carboxylic acids is 1. The smallest absolute Gasteiger partial charge is 0.265 e. The Bertz CT molecular complexity index is 901. The molecule has 25 heavy (non-hydrogen) atoms. The molecule has 1 atom stereocenters. The molecule has 0 aromatic heterocycles. The van der Waals surface area contributed by atoms with E-state index in [1.807, 2.05) is 0 Å². The summed E-state index contributed by atoms with van der Waals surface area (Å²) < 4.78 is 31.2. The van der Waals surface area contributed by atoms with Crippen LogP contribution in [-0.4, -0.2) is 33.2 Å². The van der Waals surface area contributed by atoms with E-state index in [0.29, 0.717) is 22.1 Å². The second-order valence-electron chi connectivity index (χ2n) is 5.70. The van der Waals surface area contributed by atoms with Crippen LogP contribution in [0.1, 0.15) is 6.42 Å². The highest BCUT2D eigenvalue weighted by Crippen LogP contribution is 2.34. The molecule has 132 valence electrons. The summed E-state index contributed by atoms with van der Waals surface area (Å²) in [6.45, 7) is 0.156. The van der Waals surface area contributed by atoms with Crippen LogP contribution in [0, 0.1) is 0 Å². The van der Waals surface area contributed by atoms with Crippen molar-refractivity contribution in [3.8, 4) is 5.75 Å². The minimum atomic E-state index is -3.47. The minimum absolute atomic E-state index is 0.156. The zero-order valence-corrected chi connectivity index (χ0v) is 15.0. The number of ether oxygens (including phenoxy) is 1. The molecular weight excluding hydrogens is 364 g/mol. The van der Waals surface area contributed by atoms with Crippen molar-refractivity contribution < 1.29 is 17.9 Å². The molecule has 0 saturated carbocycles. The maximum atomic E-state index is 12.6. The van der Waals surface area contributed by atoms with Crippen LogP contribution in [0.4, 0.5) is 11.4 Å². The Morgan fingerprint density at radius 3 is 2.72 bits per heavy atom. The second-order valence-corrected chi connectivity index (χ2v) is 8.04. The Morgan fingerprint density at radius 2 is 2.00 bits per heavy atom. The normalized spacial score (nSPS) is 17.2. The molecule has 2 aromatic carbocycles. The molecule has 0 unspecified atom stereocenters. The van der Waals surface area contributed by atoms with E-state index in [0.717, 1.165) is 6.26 Å². The Morgan fingerprint density at radius 1 is 1.24 bits per heavy atom. The number of carbonyl (C=O) groups is 1. The molecule has 2 aromatic rings. The SMILES string of the molecule is CS(=O)(=O)N1CC[C@@H](C(=O)Nc2cccc(Cl)c2)Oc2ccccc21. The lowest BCUT2D eigenvalue weighted by Crippen LogP contribution is -2.35. The van der Waals surface area contributed by atoms with Crippen LogP contribution in [0.25, 0.3) is 0 Å². The van der Waals surface area contributed by atoms with E-state index in [9.17, 15) is 13.2 Å². The number of fused-ring (bicyclic) bond motifs is 1. The number of amides is 1. The summed E-state index contributed by atoms with van der Waals surface area (Å²) in [5, 5.41) is 3.26. The number of benzene rings is 2. The van der Waals surface area contributed by atoms with Crippen molar-refractivity contribution in [3.63, 3.8) is 0 Å². The summed E-state index contributed by atoms with van der Waals surface area (Å²) in [6, 6.07) is 13.6. The molecule has 1 aliphatic rings. The number of hydrogen-bond donors (Lipinski definition) is 1. The van der Waals surface area contributed by atoms with Crippen molar-refractivity contribution in [2.45, 2.75) is 12.5 Å². The summed E-state index contributed by atoms with van der Waals surface area (Å²) in [5.74, 6) is 0.00379. The summed E-state index contributed by atoms with van der Waals surface area (Å²) in [6.07, 6.45) is 0.552. The van der Waals surface area contributed by atoms with Gasteiger partial charge in [-0.25, -0.2) is 8.42 Å². The summed E-state index contributed by atoms with van der Waals surface area (Å²) in [4.78, 5) is 12.6.